The highest BCUT2D eigenvalue weighted by Crippen LogP contribution is 2.45. The molecular formula is C22H26N4OS. The van der Waals surface area contributed by atoms with Crippen LogP contribution in [0.4, 0.5) is 5.82 Å². The summed E-state index contributed by atoms with van der Waals surface area (Å²) >= 11 is 1.79. The first-order valence-electron chi connectivity index (χ1n) is 9.81. The predicted octanol–water partition coefficient (Wildman–Crippen LogP) is 5.38. The van der Waals surface area contributed by atoms with E-state index in [1.165, 1.54) is 23.3 Å². The molecule has 0 spiro atoms. The number of hydrogen-bond acceptors (Lipinski definition) is 6. The summed E-state index contributed by atoms with van der Waals surface area (Å²) < 4.78 is 0. The van der Waals surface area contributed by atoms with Crippen LogP contribution in [0, 0.1) is 11.3 Å². The Morgan fingerprint density at radius 2 is 2.21 bits per heavy atom. The maximum absolute atomic E-state index is 9.58. The van der Waals surface area contributed by atoms with E-state index in [-0.39, 0.29) is 5.75 Å². The normalized spacial score (nSPS) is 17.2. The van der Waals surface area contributed by atoms with Gasteiger partial charge in [-0.15, -0.1) is 11.3 Å². The van der Waals surface area contributed by atoms with E-state index < -0.39 is 0 Å². The van der Waals surface area contributed by atoms with E-state index in [2.05, 4.69) is 41.3 Å². The average molecular weight is 395 g/mol. The molecule has 5 nitrogen and oxygen atoms in total. The van der Waals surface area contributed by atoms with Gasteiger partial charge in [-0.3, -0.25) is 5.43 Å². The van der Waals surface area contributed by atoms with Gasteiger partial charge in [-0.1, -0.05) is 39.3 Å². The number of hydrazone groups is 1. The fourth-order valence-electron chi connectivity index (χ4n) is 3.92. The molecule has 28 heavy (non-hydrogen) atoms. The summed E-state index contributed by atoms with van der Waals surface area (Å²) in [5.74, 6) is 1.66. The molecule has 0 unspecified atom stereocenters. The van der Waals surface area contributed by atoms with Crippen molar-refractivity contribution in [2.45, 2.75) is 46.5 Å². The van der Waals surface area contributed by atoms with Crippen LogP contribution in [-0.2, 0) is 12.8 Å². The number of thiophene rings is 1. The molecule has 1 aliphatic carbocycles. The van der Waals surface area contributed by atoms with Crippen molar-refractivity contribution in [3.63, 3.8) is 0 Å². The molecule has 0 saturated carbocycles. The number of hydrogen-bond donors (Lipinski definition) is 2. The Bertz CT molecular complexity index is 1020. The van der Waals surface area contributed by atoms with Crippen molar-refractivity contribution in [3.8, 4) is 5.75 Å². The monoisotopic (exact) mass is 394 g/mol. The maximum Gasteiger partial charge on any atom is 0.158 e. The number of nitrogens with one attached hydrogen (secondary N) is 1. The Morgan fingerprint density at radius 1 is 1.36 bits per heavy atom. The molecule has 6 heteroatoms. The fraction of sp³-hybridized carbons (Fsp3) is 0.409. The second kappa shape index (κ2) is 7.51. The van der Waals surface area contributed by atoms with E-state index in [0.717, 1.165) is 34.4 Å². The Hall–Kier alpha value is -2.47. The highest BCUT2D eigenvalue weighted by Gasteiger charge is 2.33. The average Bonchev–Trinajstić information content (AvgIpc) is 3.06. The highest BCUT2D eigenvalue weighted by atomic mass is 32.1. The molecule has 1 aromatic carbocycles. The minimum Gasteiger partial charge on any atom is -0.508 e. The van der Waals surface area contributed by atoms with Crippen molar-refractivity contribution in [3.05, 3.63) is 46.6 Å². The number of phenols is 1. The number of benzene rings is 1. The number of fused-ring (bicyclic) bond motifs is 3. The largest absolute Gasteiger partial charge is 0.508 e. The summed E-state index contributed by atoms with van der Waals surface area (Å²) in [5.41, 5.74) is 5.66. The summed E-state index contributed by atoms with van der Waals surface area (Å²) in [7, 11) is 0. The first-order valence-corrected chi connectivity index (χ1v) is 10.6. The minimum atomic E-state index is 0.227. The Balaban J connectivity index is 1.64. The molecule has 1 aliphatic rings. The summed E-state index contributed by atoms with van der Waals surface area (Å²) in [5, 5.41) is 15.0. The smallest absolute Gasteiger partial charge is 0.158 e. The molecule has 0 amide bonds. The molecule has 146 valence electrons. The predicted molar refractivity (Wildman–Crippen MR) is 116 cm³/mol. The topological polar surface area (TPSA) is 70.4 Å². The van der Waals surface area contributed by atoms with Crippen LogP contribution in [-0.4, -0.2) is 21.3 Å². The summed E-state index contributed by atoms with van der Waals surface area (Å²) in [4.78, 5) is 11.5. The lowest BCUT2D eigenvalue weighted by atomic mass is 9.69. The van der Waals surface area contributed by atoms with E-state index in [4.69, 9.17) is 0 Å². The second-order valence-corrected chi connectivity index (χ2v) is 9.24. The van der Waals surface area contributed by atoms with Gasteiger partial charge < -0.3 is 5.11 Å². The summed E-state index contributed by atoms with van der Waals surface area (Å²) in [6.07, 6.45) is 7.92. The number of aryl methyl sites for hydroxylation is 1. The van der Waals surface area contributed by atoms with Crippen LogP contribution in [0.5, 0.6) is 5.75 Å². The molecule has 0 saturated heterocycles. The SMILES string of the molecule is CCC(C)(C)[C@@H]1CCc2sc3ncnc(N/N=C/c4cccc(O)c4)c3c2C1. The van der Waals surface area contributed by atoms with Crippen LogP contribution in [0.3, 0.4) is 0 Å². The number of aromatic nitrogens is 2. The third kappa shape index (κ3) is 3.61. The first-order chi connectivity index (χ1) is 13.5. The molecule has 0 radical (unpaired) electrons. The Morgan fingerprint density at radius 3 is 3.00 bits per heavy atom. The van der Waals surface area contributed by atoms with Gasteiger partial charge in [-0.25, -0.2) is 9.97 Å². The Labute approximate surface area is 169 Å². The third-order valence-corrected chi connectivity index (χ3v) is 7.31. The van der Waals surface area contributed by atoms with Gasteiger partial charge in [0.05, 0.1) is 11.6 Å². The van der Waals surface area contributed by atoms with Gasteiger partial charge in [0.2, 0.25) is 0 Å². The van der Waals surface area contributed by atoms with Gasteiger partial charge in [0.25, 0.3) is 0 Å². The van der Waals surface area contributed by atoms with Crippen molar-refractivity contribution in [1.82, 2.24) is 9.97 Å². The van der Waals surface area contributed by atoms with Crippen molar-refractivity contribution >= 4 is 33.6 Å². The number of rotatable bonds is 5. The molecule has 0 bridgehead atoms. The van der Waals surface area contributed by atoms with Crippen molar-refractivity contribution in [2.75, 3.05) is 5.43 Å². The van der Waals surface area contributed by atoms with Gasteiger partial charge in [0, 0.05) is 4.88 Å². The minimum absolute atomic E-state index is 0.227. The van der Waals surface area contributed by atoms with Gasteiger partial charge in [0.15, 0.2) is 5.82 Å². The van der Waals surface area contributed by atoms with Crippen LogP contribution < -0.4 is 5.43 Å². The van der Waals surface area contributed by atoms with Crippen molar-refractivity contribution in [1.29, 1.82) is 0 Å². The zero-order valence-electron chi connectivity index (χ0n) is 16.6. The number of aromatic hydroxyl groups is 1. The van der Waals surface area contributed by atoms with Crippen LogP contribution in [0.25, 0.3) is 10.2 Å². The van der Waals surface area contributed by atoms with Gasteiger partial charge in [-0.2, -0.15) is 5.10 Å². The number of anilines is 1. The zero-order valence-corrected chi connectivity index (χ0v) is 17.4. The Kier molecular flexibility index (Phi) is 5.06. The van der Waals surface area contributed by atoms with Crippen LogP contribution in [0.1, 0.15) is 49.6 Å². The highest BCUT2D eigenvalue weighted by molar-refractivity contribution is 7.19. The lowest BCUT2D eigenvalue weighted by Crippen LogP contribution is -2.28. The van der Waals surface area contributed by atoms with Gasteiger partial charge in [0.1, 0.15) is 16.9 Å². The second-order valence-electron chi connectivity index (χ2n) is 8.15. The van der Waals surface area contributed by atoms with Crippen molar-refractivity contribution in [2.24, 2.45) is 16.4 Å². The summed E-state index contributed by atoms with van der Waals surface area (Å²) in [6, 6.07) is 7.00. The molecule has 0 fully saturated rings. The molecule has 3 aromatic rings. The molecule has 2 aromatic heterocycles. The van der Waals surface area contributed by atoms with Crippen LogP contribution in [0.15, 0.2) is 35.7 Å². The molecule has 1 atom stereocenters. The third-order valence-electron chi connectivity index (χ3n) is 6.11. The lowest BCUT2D eigenvalue weighted by Gasteiger charge is -2.36. The molecule has 2 heterocycles. The fourth-order valence-corrected chi connectivity index (χ4v) is 5.11. The standard InChI is InChI=1S/C22H26N4OS/c1-4-22(2,3)15-8-9-18-17(11-15)19-20(23-13-24-21(19)28-18)26-25-12-14-6-5-7-16(27)10-14/h5-7,10,12-13,15,27H,4,8-9,11H2,1-3H3,(H,23,24,26)/b25-12+/t15-/m1/s1. The first kappa shape index (κ1) is 18.9. The van der Waals surface area contributed by atoms with Crippen molar-refractivity contribution < 1.29 is 5.11 Å². The van der Waals surface area contributed by atoms with E-state index in [1.54, 1.807) is 42.1 Å². The zero-order chi connectivity index (χ0) is 19.7. The van der Waals surface area contributed by atoms with E-state index in [9.17, 15) is 5.11 Å². The number of nitrogens with zero attached hydrogens (tertiary/aromatic N) is 3. The molecule has 0 aliphatic heterocycles. The van der Waals surface area contributed by atoms with Gasteiger partial charge in [-0.05, 0) is 53.9 Å². The number of phenolic OH excluding ortho intramolecular Hbond substituents is 1. The molecule has 4 rings (SSSR count). The van der Waals surface area contributed by atoms with Gasteiger partial charge >= 0.3 is 0 Å². The summed E-state index contributed by atoms with van der Waals surface area (Å²) in [6.45, 7) is 7.05. The van der Waals surface area contributed by atoms with Crippen LogP contribution >= 0.6 is 11.3 Å². The van der Waals surface area contributed by atoms with E-state index >= 15 is 0 Å². The quantitative estimate of drug-likeness (QED) is 0.450. The van der Waals surface area contributed by atoms with Crippen LogP contribution in [0.2, 0.25) is 0 Å². The van der Waals surface area contributed by atoms with E-state index in [0.29, 0.717) is 11.3 Å². The lowest BCUT2D eigenvalue weighted by molar-refractivity contribution is 0.184. The maximum atomic E-state index is 9.58. The molecule has 2 N–H and O–H groups in total. The van der Waals surface area contributed by atoms with E-state index in [1.807, 2.05) is 6.07 Å². The molecular weight excluding hydrogens is 368 g/mol.